The van der Waals surface area contributed by atoms with Gasteiger partial charge in [-0.1, -0.05) is 49.4 Å². The molecule has 1 atom stereocenters. The Morgan fingerprint density at radius 3 is 2.30 bits per heavy atom. The number of anilines is 1. The third-order valence-corrected chi connectivity index (χ3v) is 5.14. The van der Waals surface area contributed by atoms with Crippen molar-refractivity contribution in [1.82, 2.24) is 0 Å². The van der Waals surface area contributed by atoms with Gasteiger partial charge in [-0.3, -0.25) is 4.72 Å². The zero-order valence-corrected chi connectivity index (χ0v) is 13.5. The van der Waals surface area contributed by atoms with Crippen LogP contribution < -0.4 is 4.72 Å². The summed E-state index contributed by atoms with van der Waals surface area (Å²) in [6.45, 7) is 1.91. The fourth-order valence-corrected chi connectivity index (χ4v) is 3.92. The van der Waals surface area contributed by atoms with E-state index in [9.17, 15) is 8.42 Å². The van der Waals surface area contributed by atoms with Gasteiger partial charge in [0.2, 0.25) is 10.0 Å². The first-order valence-electron chi connectivity index (χ1n) is 6.28. The molecule has 0 aliphatic heterocycles. The van der Waals surface area contributed by atoms with Crippen molar-refractivity contribution in [3.05, 3.63) is 64.6 Å². The van der Waals surface area contributed by atoms with E-state index in [1.807, 2.05) is 43.3 Å². The minimum atomic E-state index is -3.38. The van der Waals surface area contributed by atoms with E-state index in [1.54, 1.807) is 18.2 Å². The maximum atomic E-state index is 12.2. The predicted octanol–water partition coefficient (Wildman–Crippen LogP) is 3.99. The van der Waals surface area contributed by atoms with Crippen molar-refractivity contribution in [2.45, 2.75) is 12.8 Å². The number of hydrogen-bond donors (Lipinski definition) is 1. The normalized spacial score (nSPS) is 12.9. The molecule has 0 radical (unpaired) electrons. The SMILES string of the molecule is CC(CS(=O)(=O)Nc1ccccc1Br)c1ccccc1. The Balaban J connectivity index is 2.10. The van der Waals surface area contributed by atoms with E-state index in [-0.39, 0.29) is 11.7 Å². The van der Waals surface area contributed by atoms with Gasteiger partial charge in [-0.05, 0) is 39.5 Å². The lowest BCUT2D eigenvalue weighted by Gasteiger charge is -2.14. The van der Waals surface area contributed by atoms with Gasteiger partial charge in [0.25, 0.3) is 0 Å². The Bertz CT molecular complexity index is 671. The quantitative estimate of drug-likeness (QED) is 0.882. The van der Waals surface area contributed by atoms with Crippen LogP contribution in [0.4, 0.5) is 5.69 Å². The van der Waals surface area contributed by atoms with Gasteiger partial charge in [-0.2, -0.15) is 0 Å². The van der Waals surface area contributed by atoms with Crippen molar-refractivity contribution in [2.75, 3.05) is 10.5 Å². The molecule has 0 aliphatic carbocycles. The molecule has 5 heteroatoms. The van der Waals surface area contributed by atoms with Crippen LogP contribution in [-0.4, -0.2) is 14.2 Å². The Labute approximate surface area is 128 Å². The fourth-order valence-electron chi connectivity index (χ4n) is 1.96. The summed E-state index contributed by atoms with van der Waals surface area (Å²) in [7, 11) is -3.38. The van der Waals surface area contributed by atoms with Gasteiger partial charge in [-0.25, -0.2) is 8.42 Å². The molecule has 106 valence electrons. The van der Waals surface area contributed by atoms with Gasteiger partial charge in [0.15, 0.2) is 0 Å². The number of rotatable bonds is 5. The highest BCUT2D eigenvalue weighted by molar-refractivity contribution is 9.10. The van der Waals surface area contributed by atoms with Gasteiger partial charge in [-0.15, -0.1) is 0 Å². The Morgan fingerprint density at radius 1 is 1.05 bits per heavy atom. The number of sulfonamides is 1. The molecule has 2 rings (SSSR count). The van der Waals surface area contributed by atoms with Crippen molar-refractivity contribution < 1.29 is 8.42 Å². The summed E-state index contributed by atoms with van der Waals surface area (Å²) in [4.78, 5) is 0. The van der Waals surface area contributed by atoms with Crippen molar-refractivity contribution in [2.24, 2.45) is 0 Å². The van der Waals surface area contributed by atoms with E-state index in [4.69, 9.17) is 0 Å². The molecule has 0 heterocycles. The molecule has 0 saturated carbocycles. The average molecular weight is 354 g/mol. The molecule has 0 aromatic heterocycles. The number of para-hydroxylation sites is 1. The number of nitrogens with one attached hydrogen (secondary N) is 1. The van der Waals surface area contributed by atoms with Gasteiger partial charge in [0, 0.05) is 4.47 Å². The molecule has 2 aromatic rings. The van der Waals surface area contributed by atoms with Gasteiger partial charge >= 0.3 is 0 Å². The van der Waals surface area contributed by atoms with Gasteiger partial charge in [0.05, 0.1) is 11.4 Å². The summed E-state index contributed by atoms with van der Waals surface area (Å²) >= 11 is 3.33. The Hall–Kier alpha value is -1.33. The van der Waals surface area contributed by atoms with Crippen molar-refractivity contribution in [1.29, 1.82) is 0 Å². The first kappa shape index (κ1) is 15.1. The van der Waals surface area contributed by atoms with Crippen LogP contribution in [0.3, 0.4) is 0 Å². The summed E-state index contributed by atoms with van der Waals surface area (Å²) in [6.07, 6.45) is 0. The summed E-state index contributed by atoms with van der Waals surface area (Å²) in [5.74, 6) is -0.00517. The smallest absolute Gasteiger partial charge is 0.233 e. The number of benzene rings is 2. The number of hydrogen-bond acceptors (Lipinski definition) is 2. The highest BCUT2D eigenvalue weighted by atomic mass is 79.9. The van der Waals surface area contributed by atoms with Gasteiger partial charge in [0.1, 0.15) is 0 Å². The third-order valence-electron chi connectivity index (χ3n) is 2.98. The largest absolute Gasteiger partial charge is 0.282 e. The van der Waals surface area contributed by atoms with Crippen molar-refractivity contribution >= 4 is 31.6 Å². The van der Waals surface area contributed by atoms with E-state index in [1.165, 1.54) is 0 Å². The zero-order valence-electron chi connectivity index (χ0n) is 11.1. The van der Waals surface area contributed by atoms with Crippen LogP contribution in [0.15, 0.2) is 59.1 Å². The van der Waals surface area contributed by atoms with E-state index in [0.717, 1.165) is 10.0 Å². The van der Waals surface area contributed by atoms with Crippen LogP contribution in [0.1, 0.15) is 18.4 Å². The summed E-state index contributed by atoms with van der Waals surface area (Å²) in [6, 6.07) is 16.8. The molecular weight excluding hydrogens is 338 g/mol. The van der Waals surface area contributed by atoms with E-state index in [2.05, 4.69) is 20.7 Å². The minimum Gasteiger partial charge on any atom is -0.282 e. The topological polar surface area (TPSA) is 46.2 Å². The molecular formula is C15H16BrNO2S. The second kappa shape index (κ2) is 6.41. The average Bonchev–Trinajstić information content (AvgIpc) is 2.41. The first-order valence-corrected chi connectivity index (χ1v) is 8.72. The fraction of sp³-hybridized carbons (Fsp3) is 0.200. The minimum absolute atomic E-state index is 0.0539. The molecule has 0 bridgehead atoms. The summed E-state index contributed by atoms with van der Waals surface area (Å²) in [5.41, 5.74) is 1.58. The van der Waals surface area contributed by atoms with Crippen LogP contribution in [0.5, 0.6) is 0 Å². The Morgan fingerprint density at radius 2 is 1.65 bits per heavy atom. The predicted molar refractivity (Wildman–Crippen MR) is 86.4 cm³/mol. The van der Waals surface area contributed by atoms with Crippen LogP contribution in [0.2, 0.25) is 0 Å². The highest BCUT2D eigenvalue weighted by Gasteiger charge is 2.17. The molecule has 0 fully saturated rings. The second-order valence-electron chi connectivity index (χ2n) is 4.68. The lowest BCUT2D eigenvalue weighted by atomic mass is 10.0. The maximum absolute atomic E-state index is 12.2. The molecule has 2 aromatic carbocycles. The summed E-state index contributed by atoms with van der Waals surface area (Å²) in [5, 5.41) is 0. The molecule has 0 aliphatic rings. The molecule has 20 heavy (non-hydrogen) atoms. The monoisotopic (exact) mass is 353 g/mol. The molecule has 0 amide bonds. The van der Waals surface area contributed by atoms with E-state index < -0.39 is 10.0 Å². The molecule has 1 N–H and O–H groups in total. The van der Waals surface area contributed by atoms with Crippen molar-refractivity contribution in [3.63, 3.8) is 0 Å². The van der Waals surface area contributed by atoms with E-state index >= 15 is 0 Å². The van der Waals surface area contributed by atoms with Crippen LogP contribution >= 0.6 is 15.9 Å². The third kappa shape index (κ3) is 4.08. The van der Waals surface area contributed by atoms with Gasteiger partial charge < -0.3 is 0 Å². The molecule has 1 unspecified atom stereocenters. The highest BCUT2D eigenvalue weighted by Crippen LogP contribution is 2.24. The Kier molecular flexibility index (Phi) is 4.83. The van der Waals surface area contributed by atoms with Crippen LogP contribution in [0, 0.1) is 0 Å². The lowest BCUT2D eigenvalue weighted by molar-refractivity contribution is 0.595. The molecule has 0 spiro atoms. The van der Waals surface area contributed by atoms with E-state index in [0.29, 0.717) is 5.69 Å². The number of halogens is 1. The van der Waals surface area contributed by atoms with Crippen molar-refractivity contribution in [3.8, 4) is 0 Å². The second-order valence-corrected chi connectivity index (χ2v) is 7.30. The first-order chi connectivity index (χ1) is 9.48. The summed E-state index contributed by atoms with van der Waals surface area (Å²) < 4.78 is 27.8. The van der Waals surface area contributed by atoms with Crippen LogP contribution in [0.25, 0.3) is 0 Å². The zero-order chi connectivity index (χ0) is 14.6. The maximum Gasteiger partial charge on any atom is 0.233 e. The molecule has 0 saturated heterocycles. The lowest BCUT2D eigenvalue weighted by Crippen LogP contribution is -2.20. The van der Waals surface area contributed by atoms with Crippen LogP contribution in [-0.2, 0) is 10.0 Å². The standard InChI is InChI=1S/C15H16BrNO2S/c1-12(13-7-3-2-4-8-13)11-20(18,19)17-15-10-6-5-9-14(15)16/h2-10,12,17H,11H2,1H3. The molecule has 3 nitrogen and oxygen atoms in total.